The number of hydrogen-bond donors (Lipinski definition) is 1. The molecular weight excluding hydrogens is 273 g/mol. The molecule has 0 spiro atoms. The van der Waals surface area contributed by atoms with Crippen molar-refractivity contribution in [3.63, 3.8) is 0 Å². The summed E-state index contributed by atoms with van der Waals surface area (Å²) < 4.78 is 37.3. The molecule has 6 heteroatoms. The Labute approximate surface area is 115 Å². The van der Waals surface area contributed by atoms with E-state index in [-0.39, 0.29) is 6.04 Å². The minimum absolute atomic E-state index is 0.310. The average Bonchev–Trinajstić information content (AvgIpc) is 2.87. The molecule has 1 unspecified atom stereocenters. The Balaban J connectivity index is 1.85. The number of halogens is 3. The van der Waals surface area contributed by atoms with Crippen molar-refractivity contribution in [1.29, 1.82) is 0 Å². The first kappa shape index (κ1) is 14.8. The maximum atomic E-state index is 12.4. The summed E-state index contributed by atoms with van der Waals surface area (Å²) in [4.78, 5) is 3.96. The van der Waals surface area contributed by atoms with E-state index in [0.29, 0.717) is 22.1 Å². The number of nitrogens with two attached hydrogens (primary N) is 1. The number of alkyl halides is 3. The van der Waals surface area contributed by atoms with Crippen LogP contribution >= 0.6 is 11.3 Å². The van der Waals surface area contributed by atoms with Crippen molar-refractivity contribution in [2.24, 2.45) is 11.7 Å². The van der Waals surface area contributed by atoms with Gasteiger partial charge in [-0.3, -0.25) is 0 Å². The second kappa shape index (κ2) is 6.22. The Bertz CT molecular complexity index is 397. The molecule has 2 nitrogen and oxygen atoms in total. The first-order chi connectivity index (χ1) is 8.97. The number of thiazole rings is 1. The fourth-order valence-corrected chi connectivity index (χ4v) is 3.44. The molecule has 2 N–H and O–H groups in total. The van der Waals surface area contributed by atoms with E-state index in [1.54, 1.807) is 0 Å². The molecule has 1 aromatic rings. The number of rotatable bonds is 4. The number of hydrogen-bond acceptors (Lipinski definition) is 3. The molecule has 0 aliphatic heterocycles. The van der Waals surface area contributed by atoms with Gasteiger partial charge in [0.15, 0.2) is 5.01 Å². The predicted molar refractivity (Wildman–Crippen MR) is 69.9 cm³/mol. The fraction of sp³-hybridized carbons (Fsp3) is 0.769. The van der Waals surface area contributed by atoms with Gasteiger partial charge in [-0.1, -0.05) is 32.1 Å². The van der Waals surface area contributed by atoms with Gasteiger partial charge in [0.1, 0.15) is 0 Å². The Morgan fingerprint density at radius 1 is 1.32 bits per heavy atom. The summed E-state index contributed by atoms with van der Waals surface area (Å²) in [5, 5.41) is -0.796. The third-order valence-electron chi connectivity index (χ3n) is 3.74. The molecule has 2 rings (SSSR count). The SMILES string of the molecule is NC(CCC1CCCCC1)c1cnc(C(F)(F)F)s1. The van der Waals surface area contributed by atoms with E-state index in [1.807, 2.05) is 0 Å². The van der Waals surface area contributed by atoms with E-state index in [9.17, 15) is 13.2 Å². The van der Waals surface area contributed by atoms with E-state index in [2.05, 4.69) is 4.98 Å². The molecule has 0 bridgehead atoms. The van der Waals surface area contributed by atoms with Gasteiger partial charge in [0.25, 0.3) is 0 Å². The molecule has 108 valence electrons. The van der Waals surface area contributed by atoms with Gasteiger partial charge in [-0.15, -0.1) is 11.3 Å². The summed E-state index contributed by atoms with van der Waals surface area (Å²) in [6, 6.07) is -0.310. The van der Waals surface area contributed by atoms with Gasteiger partial charge in [-0.2, -0.15) is 13.2 Å². The van der Waals surface area contributed by atoms with E-state index in [4.69, 9.17) is 5.73 Å². The van der Waals surface area contributed by atoms with Crippen LogP contribution in [0, 0.1) is 5.92 Å². The Kier molecular flexibility index (Phi) is 4.84. The maximum Gasteiger partial charge on any atom is 0.443 e. The Morgan fingerprint density at radius 2 is 2.00 bits per heavy atom. The van der Waals surface area contributed by atoms with Gasteiger partial charge < -0.3 is 5.73 Å². The molecule has 0 amide bonds. The van der Waals surface area contributed by atoms with E-state index in [0.717, 1.165) is 12.8 Å². The maximum absolute atomic E-state index is 12.4. The van der Waals surface area contributed by atoms with Gasteiger partial charge in [0, 0.05) is 17.1 Å². The second-order valence-electron chi connectivity index (χ2n) is 5.25. The standard InChI is InChI=1S/C13H19F3N2S/c14-13(15,16)12-18-8-11(19-12)10(17)7-6-9-4-2-1-3-5-9/h8-10H,1-7,17H2. The summed E-state index contributed by atoms with van der Waals surface area (Å²) in [6.07, 6.45) is 5.03. The van der Waals surface area contributed by atoms with E-state index in [1.165, 1.54) is 38.3 Å². The van der Waals surface area contributed by atoms with Crippen LogP contribution in [0.25, 0.3) is 0 Å². The van der Waals surface area contributed by atoms with Crippen LogP contribution in [0.4, 0.5) is 13.2 Å². The van der Waals surface area contributed by atoms with Crippen LogP contribution in [-0.2, 0) is 6.18 Å². The van der Waals surface area contributed by atoms with Gasteiger partial charge in [-0.05, 0) is 18.8 Å². The summed E-state index contributed by atoms with van der Waals surface area (Å²) in [5.41, 5.74) is 5.97. The lowest BCUT2D eigenvalue weighted by Crippen LogP contribution is -2.13. The molecule has 0 saturated heterocycles. The van der Waals surface area contributed by atoms with Crippen molar-refractivity contribution in [3.8, 4) is 0 Å². The van der Waals surface area contributed by atoms with Crippen LogP contribution in [0.2, 0.25) is 0 Å². The van der Waals surface area contributed by atoms with Crippen molar-refractivity contribution in [2.45, 2.75) is 57.2 Å². The predicted octanol–water partition coefficient (Wildman–Crippen LogP) is 4.52. The largest absolute Gasteiger partial charge is 0.443 e. The third kappa shape index (κ3) is 4.18. The third-order valence-corrected chi connectivity index (χ3v) is 4.92. The zero-order chi connectivity index (χ0) is 13.9. The van der Waals surface area contributed by atoms with Gasteiger partial charge in [-0.25, -0.2) is 4.98 Å². The molecule has 1 aliphatic carbocycles. The Morgan fingerprint density at radius 3 is 2.58 bits per heavy atom. The lowest BCUT2D eigenvalue weighted by molar-refractivity contribution is -0.137. The molecule has 1 aromatic heterocycles. The highest BCUT2D eigenvalue weighted by Gasteiger charge is 2.35. The quantitative estimate of drug-likeness (QED) is 0.886. The molecular formula is C13H19F3N2S. The average molecular weight is 292 g/mol. The van der Waals surface area contributed by atoms with E-state index < -0.39 is 11.2 Å². The highest BCUT2D eigenvalue weighted by molar-refractivity contribution is 7.11. The molecule has 1 aliphatic rings. The highest BCUT2D eigenvalue weighted by atomic mass is 32.1. The Hall–Kier alpha value is -0.620. The van der Waals surface area contributed by atoms with Crippen molar-refractivity contribution in [2.75, 3.05) is 0 Å². The number of nitrogens with zero attached hydrogens (tertiary/aromatic N) is 1. The normalized spacial score (nSPS) is 19.6. The summed E-state index contributed by atoms with van der Waals surface area (Å²) in [6.45, 7) is 0. The zero-order valence-corrected chi connectivity index (χ0v) is 11.6. The zero-order valence-electron chi connectivity index (χ0n) is 10.7. The monoisotopic (exact) mass is 292 g/mol. The highest BCUT2D eigenvalue weighted by Crippen LogP contribution is 2.35. The fourth-order valence-electron chi connectivity index (χ4n) is 2.62. The van der Waals surface area contributed by atoms with Gasteiger partial charge in [0.2, 0.25) is 0 Å². The summed E-state index contributed by atoms with van der Waals surface area (Å²) in [7, 11) is 0. The van der Waals surface area contributed by atoms with Crippen molar-refractivity contribution < 1.29 is 13.2 Å². The van der Waals surface area contributed by atoms with Gasteiger partial charge >= 0.3 is 6.18 Å². The molecule has 19 heavy (non-hydrogen) atoms. The molecule has 1 saturated carbocycles. The van der Waals surface area contributed by atoms with E-state index >= 15 is 0 Å². The van der Waals surface area contributed by atoms with Crippen LogP contribution in [0.1, 0.15) is 60.9 Å². The smallest absolute Gasteiger partial charge is 0.323 e. The van der Waals surface area contributed by atoms with Crippen molar-refractivity contribution in [1.82, 2.24) is 4.98 Å². The molecule has 1 fully saturated rings. The first-order valence-corrected chi connectivity index (χ1v) is 7.57. The minimum Gasteiger partial charge on any atom is -0.323 e. The van der Waals surface area contributed by atoms with Crippen LogP contribution in [-0.4, -0.2) is 4.98 Å². The van der Waals surface area contributed by atoms with Gasteiger partial charge in [0.05, 0.1) is 0 Å². The van der Waals surface area contributed by atoms with Crippen LogP contribution in [0.3, 0.4) is 0 Å². The summed E-state index contributed by atoms with van der Waals surface area (Å²) in [5.74, 6) is 0.704. The summed E-state index contributed by atoms with van der Waals surface area (Å²) >= 11 is 0.673. The number of aromatic nitrogens is 1. The molecule has 0 radical (unpaired) electrons. The lowest BCUT2D eigenvalue weighted by atomic mass is 9.85. The molecule has 1 atom stereocenters. The van der Waals surface area contributed by atoms with Crippen molar-refractivity contribution >= 4 is 11.3 Å². The first-order valence-electron chi connectivity index (χ1n) is 6.75. The molecule has 0 aromatic carbocycles. The van der Waals surface area contributed by atoms with Crippen LogP contribution in [0.5, 0.6) is 0 Å². The van der Waals surface area contributed by atoms with Crippen LogP contribution < -0.4 is 5.73 Å². The minimum atomic E-state index is -4.36. The topological polar surface area (TPSA) is 38.9 Å². The van der Waals surface area contributed by atoms with Crippen molar-refractivity contribution in [3.05, 3.63) is 16.1 Å². The second-order valence-corrected chi connectivity index (χ2v) is 6.32. The molecule has 1 heterocycles. The lowest BCUT2D eigenvalue weighted by Gasteiger charge is -2.22. The van der Waals surface area contributed by atoms with Crippen LogP contribution in [0.15, 0.2) is 6.20 Å².